The number of esters is 8. The molecule has 3 heterocycles. The molecular formula is C89H151N3O31. The van der Waals surface area contributed by atoms with Gasteiger partial charge < -0.3 is 110 Å². The van der Waals surface area contributed by atoms with Gasteiger partial charge in [-0.2, -0.15) is 0 Å². The summed E-state index contributed by atoms with van der Waals surface area (Å²) in [5.41, 5.74) is -3.78. The number of nitrogens with zero attached hydrogens (tertiary/aromatic N) is 3. The van der Waals surface area contributed by atoms with E-state index in [1.807, 2.05) is 77.0 Å². The highest BCUT2D eigenvalue weighted by Crippen LogP contribution is 2.32. The van der Waals surface area contributed by atoms with Crippen LogP contribution in [0.5, 0.6) is 0 Å². The molecule has 3 rings (SSSR count). The number of aliphatic hydroxyl groups excluding tert-OH is 4. The SMILES string of the molecule is C=CC(=O)OCC(CC)(COCC(CC)(COC(=O)C=C)COC(=O)CCN(CC(O)COC(C)COC(C)COCC(O)CN(CC(O)CC)CC1CCCO1)CC1CCCO1)COC(=O)C=C.C=CC(=O)OCC(CC)(COCC(CC)(COC(=O)C=C)COC(=O)CCN(CC(O)COCC(C)OCC(C)OC)CC1CCCO1)COC(=O)C=C. The summed E-state index contributed by atoms with van der Waals surface area (Å²) in [6, 6.07) is 0. The quantitative estimate of drug-likeness (QED) is 0.0290. The van der Waals surface area contributed by atoms with E-state index in [-0.39, 0.29) is 188 Å². The van der Waals surface area contributed by atoms with Gasteiger partial charge in [-0.05, 0) is 98.3 Å². The van der Waals surface area contributed by atoms with Crippen LogP contribution in [0.1, 0.15) is 146 Å². The summed E-state index contributed by atoms with van der Waals surface area (Å²) in [6.07, 6.45) is 10.3. The van der Waals surface area contributed by atoms with Crippen molar-refractivity contribution in [3.8, 4) is 0 Å². The Balaban J connectivity index is 0.000000859. The third kappa shape index (κ3) is 50.6. The number of methoxy groups -OCH3 is 1. The van der Waals surface area contributed by atoms with Crippen molar-refractivity contribution < 1.29 is 149 Å². The van der Waals surface area contributed by atoms with E-state index in [2.05, 4.69) is 39.5 Å². The summed E-state index contributed by atoms with van der Waals surface area (Å²) in [4.78, 5) is 104. The lowest BCUT2D eigenvalue weighted by molar-refractivity contribution is -0.162. The first-order chi connectivity index (χ1) is 58.8. The minimum atomic E-state index is -0.978. The average Bonchev–Trinajstić information content (AvgIpc) is 1.52. The van der Waals surface area contributed by atoms with Gasteiger partial charge in [-0.25, -0.2) is 28.8 Å². The van der Waals surface area contributed by atoms with Crippen molar-refractivity contribution in [2.45, 2.75) is 213 Å². The number of hydrogen-bond donors (Lipinski definition) is 4. The van der Waals surface area contributed by atoms with Crippen LogP contribution in [0.3, 0.4) is 0 Å². The lowest BCUT2D eigenvalue weighted by atomic mass is 9.86. The van der Waals surface area contributed by atoms with Crippen molar-refractivity contribution in [3.63, 3.8) is 0 Å². The van der Waals surface area contributed by atoms with Crippen LogP contribution in [0.15, 0.2) is 75.9 Å². The van der Waals surface area contributed by atoms with Crippen LogP contribution in [-0.2, 0) is 128 Å². The zero-order chi connectivity index (χ0) is 91.5. The summed E-state index contributed by atoms with van der Waals surface area (Å²) in [5.74, 6) is -4.90. The van der Waals surface area contributed by atoms with Gasteiger partial charge in [0.05, 0.1) is 174 Å². The molecule has 0 spiro atoms. The van der Waals surface area contributed by atoms with Gasteiger partial charge in [0, 0.05) is 122 Å². The first-order valence-corrected chi connectivity index (χ1v) is 43.3. The van der Waals surface area contributed by atoms with Gasteiger partial charge in [0.25, 0.3) is 0 Å². The minimum absolute atomic E-state index is 0.00730. The van der Waals surface area contributed by atoms with Crippen LogP contribution >= 0.6 is 0 Å². The second-order valence-electron chi connectivity index (χ2n) is 32.3. The van der Waals surface area contributed by atoms with Crippen LogP contribution in [0.2, 0.25) is 0 Å². The molecule has 708 valence electrons. The number of rotatable bonds is 73. The van der Waals surface area contributed by atoms with Crippen molar-refractivity contribution >= 4 is 47.8 Å². The Morgan fingerprint density at radius 1 is 0.358 bits per heavy atom. The second kappa shape index (κ2) is 65.1. The Morgan fingerprint density at radius 2 is 0.626 bits per heavy atom. The Hall–Kier alpha value is -6.52. The first-order valence-electron chi connectivity index (χ1n) is 43.3. The molecule has 123 heavy (non-hydrogen) atoms. The normalized spacial score (nSPS) is 18.3. The van der Waals surface area contributed by atoms with Gasteiger partial charge in [-0.3, -0.25) is 24.3 Å². The number of aliphatic hydroxyl groups is 4. The van der Waals surface area contributed by atoms with Gasteiger partial charge in [-0.15, -0.1) is 0 Å². The summed E-state index contributed by atoms with van der Waals surface area (Å²) >= 11 is 0. The fourth-order valence-corrected chi connectivity index (χ4v) is 12.8. The number of carbonyl (C=O) groups excluding carboxylic acids is 8. The van der Waals surface area contributed by atoms with Crippen molar-refractivity contribution in [3.05, 3.63) is 75.9 Å². The topological polar surface area (TPSA) is 403 Å². The lowest BCUT2D eigenvalue weighted by Crippen LogP contribution is -2.43. The number of ether oxygens (including phenoxy) is 19. The molecule has 0 saturated carbocycles. The fourth-order valence-electron chi connectivity index (χ4n) is 12.8. The molecule has 3 fully saturated rings. The maximum atomic E-state index is 13.4. The van der Waals surface area contributed by atoms with E-state index >= 15 is 0 Å². The van der Waals surface area contributed by atoms with Crippen LogP contribution < -0.4 is 0 Å². The van der Waals surface area contributed by atoms with E-state index in [0.29, 0.717) is 97.8 Å². The van der Waals surface area contributed by atoms with E-state index in [1.54, 1.807) is 7.11 Å². The molecule has 3 aliphatic heterocycles. The number of carbonyl (C=O) groups is 8. The predicted octanol–water partition coefficient (Wildman–Crippen LogP) is 6.41. The van der Waals surface area contributed by atoms with Crippen LogP contribution in [0, 0.1) is 21.7 Å². The van der Waals surface area contributed by atoms with Gasteiger partial charge >= 0.3 is 47.8 Å². The molecule has 0 radical (unpaired) electrons. The van der Waals surface area contributed by atoms with Gasteiger partial charge in [0.1, 0.15) is 52.9 Å². The van der Waals surface area contributed by atoms with E-state index in [4.69, 9.17) is 90.0 Å². The molecule has 34 nitrogen and oxygen atoms in total. The Kier molecular flexibility index (Phi) is 59.6. The van der Waals surface area contributed by atoms with Crippen molar-refractivity contribution in [1.29, 1.82) is 0 Å². The summed E-state index contributed by atoms with van der Waals surface area (Å²) < 4.78 is 108. The molecule has 13 atom stereocenters. The lowest BCUT2D eigenvalue weighted by Gasteiger charge is -2.35. The smallest absolute Gasteiger partial charge is 0.330 e. The molecule has 0 amide bonds. The van der Waals surface area contributed by atoms with E-state index < -0.39 is 93.8 Å². The Morgan fingerprint density at radius 3 is 0.911 bits per heavy atom. The average molecular weight is 1760 g/mol. The van der Waals surface area contributed by atoms with E-state index in [9.17, 15) is 58.8 Å². The van der Waals surface area contributed by atoms with Crippen molar-refractivity contribution in [1.82, 2.24) is 14.7 Å². The standard InChI is InChI=1S/C50H86N2O17.C39H65NO14/c1-9-40(53)23-52(27-44-18-16-22-63-44)25-41(54)30-60-28-38(7)64-29-39(8)65-31-42(55)24-51(26-43-17-15-21-62-43)20-19-48(59)69-37-50(14-6,36-68-47(58)12-4)33-61-32-49(13-5,34-66-45(56)10-2)35-67-46(57)11-3;1-9-34(42)51-26-38(12-4,27-52-35(43)10-2)24-48-25-39(13-5,28-53-36(44)11-3)29-54-37(45)16-17-40(20-33-15-14-18-49-33)19-32(41)23-47-21-31(7)50-22-30(6)46-8/h10-12,38-44,53-55H,2-4,9,13-37H2,1,5-8H3;9-11,30-33,41H,1-3,12-29H2,4-8H3. The Bertz CT molecular complexity index is 2970. The summed E-state index contributed by atoms with van der Waals surface area (Å²) in [5, 5.41) is 42.8. The minimum Gasteiger partial charge on any atom is -0.465 e. The highest BCUT2D eigenvalue weighted by atomic mass is 16.6. The zero-order valence-corrected chi connectivity index (χ0v) is 75.3. The summed E-state index contributed by atoms with van der Waals surface area (Å²) in [7, 11) is 1.62. The first kappa shape index (κ1) is 113. The highest BCUT2D eigenvalue weighted by molar-refractivity contribution is 5.83. The molecule has 0 aromatic rings. The van der Waals surface area contributed by atoms with Gasteiger partial charge in [0.2, 0.25) is 0 Å². The molecule has 34 heteroatoms. The monoisotopic (exact) mass is 1760 g/mol. The van der Waals surface area contributed by atoms with E-state index in [0.717, 1.165) is 81.6 Å². The maximum Gasteiger partial charge on any atom is 0.330 e. The summed E-state index contributed by atoms with van der Waals surface area (Å²) in [6.45, 7) is 43.3. The largest absolute Gasteiger partial charge is 0.465 e. The predicted molar refractivity (Wildman–Crippen MR) is 456 cm³/mol. The molecular weight excluding hydrogens is 1610 g/mol. The molecule has 3 saturated heterocycles. The molecule has 0 aliphatic carbocycles. The fraction of sp³-hybridized carbons (Fsp3) is 0.775. The number of hydrogen-bond acceptors (Lipinski definition) is 34. The molecule has 3 aliphatic rings. The van der Waals surface area contributed by atoms with Crippen molar-refractivity contribution in [2.24, 2.45) is 21.7 Å². The van der Waals surface area contributed by atoms with Crippen LogP contribution in [0.25, 0.3) is 0 Å². The van der Waals surface area contributed by atoms with E-state index in [1.165, 1.54) is 0 Å². The zero-order valence-electron chi connectivity index (χ0n) is 75.3. The molecule has 0 bridgehead atoms. The molecule has 4 N–H and O–H groups in total. The van der Waals surface area contributed by atoms with Crippen LogP contribution in [0.4, 0.5) is 0 Å². The maximum absolute atomic E-state index is 13.4. The second-order valence-corrected chi connectivity index (χ2v) is 32.3. The highest BCUT2D eigenvalue weighted by Gasteiger charge is 2.40. The molecule has 0 aromatic carbocycles. The molecule has 0 aromatic heterocycles. The van der Waals surface area contributed by atoms with Gasteiger partial charge in [-0.1, -0.05) is 74.1 Å². The Labute approximate surface area is 730 Å². The van der Waals surface area contributed by atoms with Gasteiger partial charge in [0.15, 0.2) is 0 Å². The third-order valence-corrected chi connectivity index (χ3v) is 21.4. The third-order valence-electron chi connectivity index (χ3n) is 21.4. The molecule has 13 unspecified atom stereocenters. The van der Waals surface area contributed by atoms with Crippen molar-refractivity contribution in [2.75, 3.05) is 211 Å². The van der Waals surface area contributed by atoms with Crippen LogP contribution in [-0.4, -0.2) is 361 Å².